The Morgan fingerprint density at radius 3 is 2.94 bits per heavy atom. The van der Waals surface area contributed by atoms with Crippen molar-refractivity contribution in [3.63, 3.8) is 0 Å². The van der Waals surface area contributed by atoms with Gasteiger partial charge in [-0.05, 0) is 70.7 Å². The molecule has 0 saturated heterocycles. The molecule has 0 spiro atoms. The van der Waals surface area contributed by atoms with E-state index in [4.69, 9.17) is 11.9 Å². The lowest BCUT2D eigenvalue weighted by Crippen LogP contribution is -2.19. The molecular weight excluding hydrogens is 476 g/mol. The molecule has 0 bridgehead atoms. The summed E-state index contributed by atoms with van der Waals surface area (Å²) in [6.45, 7) is 8.54. The summed E-state index contributed by atoms with van der Waals surface area (Å²) < 4.78 is 0.834. The minimum atomic E-state index is 0.546. The van der Waals surface area contributed by atoms with Gasteiger partial charge in [0.05, 0.1) is 4.47 Å². The van der Waals surface area contributed by atoms with Gasteiger partial charge in [-0.1, -0.05) is 30.3 Å². The van der Waals surface area contributed by atoms with Gasteiger partial charge in [-0.25, -0.2) is 4.98 Å². The van der Waals surface area contributed by atoms with Crippen molar-refractivity contribution in [2.45, 2.75) is 13.0 Å². The van der Waals surface area contributed by atoms with E-state index >= 15 is 0 Å². The zero-order chi connectivity index (χ0) is 22.8. The number of halogens is 1. The van der Waals surface area contributed by atoms with Crippen molar-refractivity contribution in [1.82, 2.24) is 20.3 Å². The summed E-state index contributed by atoms with van der Waals surface area (Å²) in [6.07, 6.45) is 7.18. The maximum absolute atomic E-state index is 5.93. The minimum absolute atomic E-state index is 0.546. The van der Waals surface area contributed by atoms with Gasteiger partial charge < -0.3 is 20.5 Å². The molecule has 3 heterocycles. The van der Waals surface area contributed by atoms with E-state index in [0.29, 0.717) is 12.5 Å². The largest absolute Gasteiger partial charge is 0.361 e. The molecule has 0 saturated carbocycles. The Morgan fingerprint density at radius 2 is 2.12 bits per heavy atom. The summed E-state index contributed by atoms with van der Waals surface area (Å²) in [4.78, 5) is 14.7. The van der Waals surface area contributed by atoms with Crippen LogP contribution in [0, 0.1) is 6.92 Å². The van der Waals surface area contributed by atoms with Gasteiger partial charge in [0.15, 0.2) is 0 Å². The first-order valence-corrected chi connectivity index (χ1v) is 11.7. The van der Waals surface area contributed by atoms with E-state index in [0.717, 1.165) is 52.1 Å². The van der Waals surface area contributed by atoms with Gasteiger partial charge in [-0.15, -0.1) is 0 Å². The topological polar surface area (TPSA) is 68.9 Å². The van der Waals surface area contributed by atoms with Crippen molar-refractivity contribution in [1.29, 1.82) is 0 Å². The van der Waals surface area contributed by atoms with E-state index in [9.17, 15) is 0 Å². The van der Waals surface area contributed by atoms with Gasteiger partial charge in [0, 0.05) is 54.7 Å². The molecule has 0 atom stereocenters. The number of fused-ring (bicyclic) bond motifs is 1. The van der Waals surface area contributed by atoms with Gasteiger partial charge in [0.1, 0.15) is 5.82 Å². The number of benzene rings is 2. The van der Waals surface area contributed by atoms with Gasteiger partial charge in [-0.3, -0.25) is 0 Å². The highest BCUT2D eigenvalue weighted by Gasteiger charge is 2.14. The number of H-pyrrole nitrogens is 1. The fourth-order valence-electron chi connectivity index (χ4n) is 4.19. The molecule has 3 N–H and O–H groups in total. The number of aromatic nitrogens is 3. The number of nitrogens with one attached hydrogen (secondary N) is 3. The van der Waals surface area contributed by atoms with E-state index in [1.807, 2.05) is 31.3 Å². The van der Waals surface area contributed by atoms with E-state index < -0.39 is 0 Å². The van der Waals surface area contributed by atoms with E-state index in [1.165, 1.54) is 16.5 Å². The summed E-state index contributed by atoms with van der Waals surface area (Å²) in [5.41, 5.74) is 6.58. The van der Waals surface area contributed by atoms with Gasteiger partial charge in [0.25, 0.3) is 0 Å². The zero-order valence-corrected chi connectivity index (χ0v) is 20.0. The van der Waals surface area contributed by atoms with Gasteiger partial charge >= 0.3 is 0 Å². The molecular formula is C26H25BrN6. The van der Waals surface area contributed by atoms with Gasteiger partial charge in [0.2, 0.25) is 5.95 Å². The molecule has 0 unspecified atom stereocenters. The molecule has 1 aliphatic heterocycles. The predicted molar refractivity (Wildman–Crippen MR) is 139 cm³/mol. The van der Waals surface area contributed by atoms with E-state index in [2.05, 4.69) is 71.9 Å². The molecule has 6 nitrogen and oxygen atoms in total. The lowest BCUT2D eigenvalue weighted by atomic mass is 9.99. The molecule has 0 fully saturated rings. The summed E-state index contributed by atoms with van der Waals surface area (Å²) in [6, 6.07) is 14.2. The van der Waals surface area contributed by atoms with Crippen molar-refractivity contribution in [3.05, 3.63) is 89.0 Å². The smallest absolute Gasteiger partial charge is 0.229 e. The van der Waals surface area contributed by atoms with Crippen LogP contribution < -0.4 is 15.5 Å². The first kappa shape index (κ1) is 21.7. The van der Waals surface area contributed by atoms with Crippen molar-refractivity contribution in [2.24, 2.45) is 0 Å². The van der Waals surface area contributed by atoms with Crippen molar-refractivity contribution in [2.75, 3.05) is 30.4 Å². The third-order valence-corrected chi connectivity index (χ3v) is 6.37. The van der Waals surface area contributed by atoms with Crippen molar-refractivity contribution >= 4 is 49.9 Å². The first-order chi connectivity index (χ1) is 16.1. The number of hydrogen-bond acceptors (Lipinski definition) is 5. The van der Waals surface area contributed by atoms with Crippen LogP contribution in [-0.4, -0.2) is 35.1 Å². The molecule has 7 heteroatoms. The number of anilines is 3. The molecule has 166 valence electrons. The first-order valence-electron chi connectivity index (χ1n) is 10.9. The van der Waals surface area contributed by atoms with Crippen LogP contribution in [0.25, 0.3) is 16.5 Å². The molecule has 2 radical (unpaired) electrons. The van der Waals surface area contributed by atoms with Crippen molar-refractivity contribution < 1.29 is 0 Å². The molecule has 5 rings (SSSR count). The Balaban J connectivity index is 1.39. The van der Waals surface area contributed by atoms with E-state index in [1.54, 1.807) is 6.20 Å². The average Bonchev–Trinajstić information content (AvgIpc) is 3.24. The third kappa shape index (κ3) is 4.79. The quantitative estimate of drug-likeness (QED) is 0.324. The lowest BCUT2D eigenvalue weighted by molar-refractivity contribution is 0.739. The molecule has 4 aromatic rings. The summed E-state index contributed by atoms with van der Waals surface area (Å²) in [5.74, 6) is 1.35. The second-order valence-corrected chi connectivity index (χ2v) is 9.09. The van der Waals surface area contributed by atoms with E-state index in [-0.39, 0.29) is 0 Å². The number of rotatable bonds is 6. The molecule has 0 amide bonds. The molecule has 0 aliphatic carbocycles. The van der Waals surface area contributed by atoms with Crippen LogP contribution >= 0.6 is 15.9 Å². The average molecular weight is 501 g/mol. The maximum atomic E-state index is 5.93. The fraction of sp³-hybridized carbons (Fsp3) is 0.192. The monoisotopic (exact) mass is 500 g/mol. The van der Waals surface area contributed by atoms with Crippen LogP contribution in [0.5, 0.6) is 0 Å². The summed E-state index contributed by atoms with van der Waals surface area (Å²) >= 11 is 3.59. The number of hydrogen-bond donors (Lipinski definition) is 3. The van der Waals surface area contributed by atoms with Crippen molar-refractivity contribution in [3.8, 4) is 0 Å². The molecule has 2 aromatic carbocycles. The standard InChI is InChI=1S/C26H25BrN6/c1-17-4-3-5-18(12-17)16-33(2)25-23(27)15-30-26(32-25)31-20-6-7-24-21(13-20)22(14-29-24)19-8-10-28-11-9-19/h1,3-8,12-15,28-29H,9-11,16H2,2H3,(H,30,31,32). The Hall–Kier alpha value is -3.16. The maximum Gasteiger partial charge on any atom is 0.229 e. The minimum Gasteiger partial charge on any atom is -0.361 e. The summed E-state index contributed by atoms with van der Waals surface area (Å²) in [7, 11) is 2.00. The highest BCUT2D eigenvalue weighted by molar-refractivity contribution is 9.10. The fourth-order valence-corrected chi connectivity index (χ4v) is 4.68. The SMILES string of the molecule is [CH]c1cccc(CN(C)c2nc(Nc3ccc4[nH]cc(C5=CCNCC5)c4c3)ncc2Br)c1. The summed E-state index contributed by atoms with van der Waals surface area (Å²) in [5, 5.41) is 7.95. The van der Waals surface area contributed by atoms with Crippen LogP contribution in [-0.2, 0) is 6.54 Å². The Kier molecular flexibility index (Phi) is 6.15. The predicted octanol–water partition coefficient (Wildman–Crippen LogP) is 5.54. The Labute approximate surface area is 202 Å². The molecule has 33 heavy (non-hydrogen) atoms. The molecule has 1 aliphatic rings. The van der Waals surface area contributed by atoms with Crippen LogP contribution in [0.15, 0.2) is 65.4 Å². The third-order valence-electron chi connectivity index (χ3n) is 5.81. The Morgan fingerprint density at radius 1 is 1.21 bits per heavy atom. The van der Waals surface area contributed by atoms with Crippen LogP contribution in [0.2, 0.25) is 0 Å². The second-order valence-electron chi connectivity index (χ2n) is 8.24. The van der Waals surface area contributed by atoms with Crippen LogP contribution in [0.3, 0.4) is 0 Å². The van der Waals surface area contributed by atoms with Crippen LogP contribution in [0.1, 0.15) is 23.1 Å². The second kappa shape index (κ2) is 9.37. The molecule has 2 aromatic heterocycles. The number of nitrogens with zero attached hydrogens (tertiary/aromatic N) is 3. The zero-order valence-electron chi connectivity index (χ0n) is 18.4. The number of aromatic amines is 1. The van der Waals surface area contributed by atoms with Crippen LogP contribution in [0.4, 0.5) is 17.5 Å². The highest BCUT2D eigenvalue weighted by Crippen LogP contribution is 2.31. The Bertz CT molecular complexity index is 1330. The van der Waals surface area contributed by atoms with Gasteiger partial charge in [-0.2, -0.15) is 4.98 Å². The highest BCUT2D eigenvalue weighted by atomic mass is 79.9. The lowest BCUT2D eigenvalue weighted by Gasteiger charge is -2.20. The normalized spacial score (nSPS) is 13.7.